The van der Waals surface area contributed by atoms with Gasteiger partial charge in [-0.2, -0.15) is 28.6 Å². The van der Waals surface area contributed by atoms with E-state index in [4.69, 9.17) is 5.73 Å². The molecule has 0 saturated heterocycles. The Balaban J connectivity index is 2.52. The fourth-order valence-electron chi connectivity index (χ4n) is 1.30. The molecule has 0 atom stereocenters. The minimum absolute atomic E-state index is 0.306. The molecule has 7 heteroatoms. The third kappa shape index (κ3) is 1.83. The van der Waals surface area contributed by atoms with E-state index in [1.807, 2.05) is 0 Å². The lowest BCUT2D eigenvalue weighted by Gasteiger charge is -2.10. The smallest absolute Gasteiger partial charge is 0.398 e. The number of anilines is 1. The number of alkyl halides is 3. The van der Waals surface area contributed by atoms with Gasteiger partial charge in [0.25, 0.3) is 0 Å². The molecule has 84 valence electrons. The van der Waals surface area contributed by atoms with Crippen LogP contribution in [0.25, 0.3) is 11.3 Å². The highest BCUT2D eigenvalue weighted by atomic mass is 19.4. The first-order valence-corrected chi connectivity index (χ1v) is 4.31. The van der Waals surface area contributed by atoms with Crippen LogP contribution >= 0.6 is 0 Å². The van der Waals surface area contributed by atoms with E-state index in [-0.39, 0.29) is 5.69 Å². The monoisotopic (exact) mass is 228 g/mol. The second-order valence-electron chi connectivity index (χ2n) is 3.16. The van der Waals surface area contributed by atoms with Crippen LogP contribution in [0.5, 0.6) is 0 Å². The Morgan fingerprint density at radius 3 is 2.56 bits per heavy atom. The van der Waals surface area contributed by atoms with Crippen LogP contribution in [0, 0.1) is 0 Å². The molecule has 0 radical (unpaired) electrons. The van der Waals surface area contributed by atoms with Crippen LogP contribution in [0.15, 0.2) is 24.4 Å². The number of nitrogen functional groups attached to an aromatic ring is 1. The molecule has 0 saturated carbocycles. The Morgan fingerprint density at radius 2 is 2.00 bits per heavy atom. The molecule has 0 bridgehead atoms. The first-order valence-electron chi connectivity index (χ1n) is 4.31. The van der Waals surface area contributed by atoms with E-state index in [0.717, 1.165) is 6.07 Å². The first-order chi connectivity index (χ1) is 7.48. The summed E-state index contributed by atoms with van der Waals surface area (Å²) in [7, 11) is 0. The summed E-state index contributed by atoms with van der Waals surface area (Å²) >= 11 is 0. The molecule has 16 heavy (non-hydrogen) atoms. The molecule has 2 rings (SSSR count). The number of aromatic nitrogens is 3. The summed E-state index contributed by atoms with van der Waals surface area (Å²) in [6, 6.07) is 3.61. The fraction of sp³-hybridized carbons (Fsp3) is 0.111. The van der Waals surface area contributed by atoms with Crippen molar-refractivity contribution in [1.82, 2.24) is 15.4 Å². The predicted molar refractivity (Wildman–Crippen MR) is 51.2 cm³/mol. The van der Waals surface area contributed by atoms with Crippen molar-refractivity contribution in [2.45, 2.75) is 6.18 Å². The van der Waals surface area contributed by atoms with Gasteiger partial charge in [-0.15, -0.1) is 0 Å². The lowest BCUT2D eigenvalue weighted by Crippen LogP contribution is -2.08. The summed E-state index contributed by atoms with van der Waals surface area (Å²) in [5, 5.41) is 9.55. The maximum absolute atomic E-state index is 12.5. The normalized spacial score (nSPS) is 11.7. The third-order valence-electron chi connectivity index (χ3n) is 2.07. The number of nitrogens with two attached hydrogens (primary N) is 1. The van der Waals surface area contributed by atoms with Gasteiger partial charge in [-0.25, -0.2) is 0 Å². The van der Waals surface area contributed by atoms with E-state index in [1.54, 1.807) is 0 Å². The number of hydrogen-bond acceptors (Lipinski definition) is 3. The molecule has 0 amide bonds. The maximum Gasteiger partial charge on any atom is 0.418 e. The average molecular weight is 228 g/mol. The van der Waals surface area contributed by atoms with Crippen LogP contribution in [0.2, 0.25) is 0 Å². The second kappa shape index (κ2) is 3.51. The number of hydrogen-bond donors (Lipinski definition) is 2. The van der Waals surface area contributed by atoms with Crippen molar-refractivity contribution in [3.63, 3.8) is 0 Å². The average Bonchev–Trinajstić information content (AvgIpc) is 2.69. The molecule has 0 aliphatic carbocycles. The Morgan fingerprint density at radius 1 is 1.25 bits per heavy atom. The quantitative estimate of drug-likeness (QED) is 0.734. The zero-order chi connectivity index (χ0) is 11.8. The zero-order valence-electron chi connectivity index (χ0n) is 7.92. The van der Waals surface area contributed by atoms with Crippen molar-refractivity contribution in [2.75, 3.05) is 5.73 Å². The van der Waals surface area contributed by atoms with E-state index in [9.17, 15) is 13.2 Å². The first kappa shape index (κ1) is 10.5. The minimum Gasteiger partial charge on any atom is -0.398 e. The molecule has 0 aliphatic rings. The van der Waals surface area contributed by atoms with Gasteiger partial charge in [0.15, 0.2) is 0 Å². The summed E-state index contributed by atoms with van der Waals surface area (Å²) in [4.78, 5) is 0. The third-order valence-corrected chi connectivity index (χ3v) is 2.07. The van der Waals surface area contributed by atoms with Gasteiger partial charge in [0, 0.05) is 11.3 Å². The Labute approximate surface area is 88.3 Å². The van der Waals surface area contributed by atoms with Crippen molar-refractivity contribution in [1.29, 1.82) is 0 Å². The van der Waals surface area contributed by atoms with Gasteiger partial charge < -0.3 is 5.73 Å². The van der Waals surface area contributed by atoms with Crippen LogP contribution in [-0.2, 0) is 6.18 Å². The van der Waals surface area contributed by atoms with Crippen LogP contribution < -0.4 is 5.73 Å². The molecule has 0 fully saturated rings. The number of rotatable bonds is 1. The van der Waals surface area contributed by atoms with E-state index in [0.29, 0.717) is 11.3 Å². The lowest BCUT2D eigenvalue weighted by molar-refractivity contribution is -0.136. The summed E-state index contributed by atoms with van der Waals surface area (Å²) in [6.45, 7) is 0. The van der Waals surface area contributed by atoms with E-state index >= 15 is 0 Å². The molecule has 1 heterocycles. The minimum atomic E-state index is -4.47. The second-order valence-corrected chi connectivity index (χ2v) is 3.16. The fourth-order valence-corrected chi connectivity index (χ4v) is 1.30. The predicted octanol–water partition coefficient (Wildman–Crippen LogP) is 2.07. The molecule has 0 spiro atoms. The van der Waals surface area contributed by atoms with Crippen molar-refractivity contribution >= 4 is 5.69 Å². The molecule has 3 N–H and O–H groups in total. The standard InChI is InChI=1S/C9H7F3N4/c10-9(11,12)6-3-5(1-2-7(6)13)8-4-14-16-15-8/h1-4H,13H2,(H,14,15,16). The molecule has 4 nitrogen and oxygen atoms in total. The molecule has 1 aromatic heterocycles. The van der Waals surface area contributed by atoms with Gasteiger partial charge in [0.1, 0.15) is 5.69 Å². The van der Waals surface area contributed by atoms with Crippen LogP contribution in [0.4, 0.5) is 18.9 Å². The molecular weight excluding hydrogens is 221 g/mol. The van der Waals surface area contributed by atoms with Gasteiger partial charge in [0.05, 0.1) is 11.8 Å². The zero-order valence-corrected chi connectivity index (χ0v) is 7.92. The number of halogens is 3. The van der Waals surface area contributed by atoms with Gasteiger partial charge in [-0.3, -0.25) is 0 Å². The number of nitrogens with zero attached hydrogens (tertiary/aromatic N) is 2. The van der Waals surface area contributed by atoms with Gasteiger partial charge in [-0.05, 0) is 12.1 Å². The SMILES string of the molecule is Nc1ccc(-c2cn[nH]n2)cc1C(F)(F)F. The van der Waals surface area contributed by atoms with E-state index in [1.165, 1.54) is 18.3 Å². The van der Waals surface area contributed by atoms with Crippen LogP contribution in [0.1, 0.15) is 5.56 Å². The summed E-state index contributed by atoms with van der Waals surface area (Å²) in [5.74, 6) is 0. The molecule has 0 aliphatic heterocycles. The van der Waals surface area contributed by atoms with Crippen molar-refractivity contribution < 1.29 is 13.2 Å². The number of nitrogens with one attached hydrogen (secondary N) is 1. The van der Waals surface area contributed by atoms with Crippen LogP contribution in [-0.4, -0.2) is 15.4 Å². The van der Waals surface area contributed by atoms with Crippen LogP contribution in [0.3, 0.4) is 0 Å². The number of H-pyrrole nitrogens is 1. The van der Waals surface area contributed by atoms with Gasteiger partial charge in [0.2, 0.25) is 0 Å². The molecule has 2 aromatic rings. The highest BCUT2D eigenvalue weighted by molar-refractivity contribution is 5.64. The maximum atomic E-state index is 12.5. The summed E-state index contributed by atoms with van der Waals surface area (Å²) < 4.78 is 37.6. The Hall–Kier alpha value is -2.05. The van der Waals surface area contributed by atoms with Crippen molar-refractivity contribution in [3.05, 3.63) is 30.0 Å². The summed E-state index contributed by atoms with van der Waals surface area (Å²) in [5.41, 5.74) is 4.75. The van der Waals surface area contributed by atoms with E-state index in [2.05, 4.69) is 15.4 Å². The van der Waals surface area contributed by atoms with Gasteiger partial charge >= 0.3 is 6.18 Å². The topological polar surface area (TPSA) is 67.6 Å². The highest BCUT2D eigenvalue weighted by Crippen LogP contribution is 2.35. The molecule has 1 aromatic carbocycles. The Bertz CT molecular complexity index is 490. The number of aromatic amines is 1. The largest absolute Gasteiger partial charge is 0.418 e. The van der Waals surface area contributed by atoms with Crippen molar-refractivity contribution in [3.8, 4) is 11.3 Å². The number of benzene rings is 1. The van der Waals surface area contributed by atoms with E-state index < -0.39 is 11.7 Å². The lowest BCUT2D eigenvalue weighted by atomic mass is 10.1. The highest BCUT2D eigenvalue weighted by Gasteiger charge is 2.33. The van der Waals surface area contributed by atoms with Crippen molar-refractivity contribution in [2.24, 2.45) is 0 Å². The molecule has 0 unspecified atom stereocenters. The Kier molecular flexibility index (Phi) is 2.30. The summed E-state index contributed by atoms with van der Waals surface area (Å²) in [6.07, 6.45) is -3.13. The van der Waals surface area contributed by atoms with Gasteiger partial charge in [-0.1, -0.05) is 6.07 Å². The molecular formula is C9H7F3N4.